The zero-order valence-corrected chi connectivity index (χ0v) is 12.4. The fourth-order valence-electron chi connectivity index (χ4n) is 2.22. The third kappa shape index (κ3) is 3.19. The van der Waals surface area contributed by atoms with Crippen molar-refractivity contribution in [1.82, 2.24) is 4.31 Å². The summed E-state index contributed by atoms with van der Waals surface area (Å²) in [7, 11) is -4.19. The highest BCUT2D eigenvalue weighted by atomic mass is 35.5. The van der Waals surface area contributed by atoms with Crippen LogP contribution in [0.15, 0.2) is 23.1 Å². The first-order chi connectivity index (χ1) is 9.69. The molecule has 1 aromatic rings. The standard InChI is InChI=1S/C12H14ClF2NO4S/c13-8-1-2-10(9(5-8)11(14)15)21(19,20)16-4-3-12(18,6-16)7-17/h1-2,5,11,17-18H,3-4,6-7H2. The van der Waals surface area contributed by atoms with Crippen LogP contribution >= 0.6 is 11.6 Å². The molecule has 1 aliphatic heterocycles. The van der Waals surface area contributed by atoms with Gasteiger partial charge in [0.1, 0.15) is 5.60 Å². The number of aliphatic hydroxyl groups is 2. The monoisotopic (exact) mass is 341 g/mol. The quantitative estimate of drug-likeness (QED) is 0.867. The lowest BCUT2D eigenvalue weighted by Gasteiger charge is -2.21. The van der Waals surface area contributed by atoms with Crippen LogP contribution in [-0.4, -0.2) is 48.2 Å². The zero-order chi connectivity index (χ0) is 15.8. The predicted octanol–water partition coefficient (Wildman–Crippen LogP) is 1.40. The maximum atomic E-state index is 13.0. The molecule has 1 unspecified atom stereocenters. The first-order valence-electron chi connectivity index (χ1n) is 6.11. The normalized spacial score (nSPS) is 23.9. The third-order valence-corrected chi connectivity index (χ3v) is 5.57. The van der Waals surface area contributed by atoms with Crippen molar-refractivity contribution in [2.45, 2.75) is 23.3 Å². The summed E-state index contributed by atoms with van der Waals surface area (Å²) in [5.41, 5.74) is -2.22. The second-order valence-corrected chi connectivity index (χ2v) is 7.30. The van der Waals surface area contributed by atoms with Crippen LogP contribution in [0.4, 0.5) is 8.78 Å². The average Bonchev–Trinajstić information content (AvgIpc) is 2.82. The molecular weight excluding hydrogens is 328 g/mol. The minimum Gasteiger partial charge on any atom is -0.393 e. The van der Waals surface area contributed by atoms with Crippen LogP contribution in [-0.2, 0) is 10.0 Å². The summed E-state index contributed by atoms with van der Waals surface area (Å²) in [5, 5.41) is 18.9. The Kier molecular flexibility index (Phi) is 4.55. The minimum atomic E-state index is -4.19. The fourth-order valence-corrected chi connectivity index (χ4v) is 4.10. The molecule has 1 heterocycles. The molecule has 5 nitrogen and oxygen atoms in total. The molecule has 1 atom stereocenters. The van der Waals surface area contributed by atoms with E-state index in [4.69, 9.17) is 16.7 Å². The SMILES string of the molecule is O=S(=O)(c1ccc(Cl)cc1C(F)F)N1CCC(O)(CO)C1. The van der Waals surface area contributed by atoms with Gasteiger partial charge >= 0.3 is 0 Å². The van der Waals surface area contributed by atoms with Crippen LogP contribution in [0.1, 0.15) is 18.4 Å². The Morgan fingerprint density at radius 2 is 2.10 bits per heavy atom. The highest BCUT2D eigenvalue weighted by molar-refractivity contribution is 7.89. The summed E-state index contributed by atoms with van der Waals surface area (Å²) in [6.07, 6.45) is -2.95. The number of aliphatic hydroxyl groups excluding tert-OH is 1. The van der Waals surface area contributed by atoms with Crippen molar-refractivity contribution in [3.05, 3.63) is 28.8 Å². The van der Waals surface area contributed by atoms with Gasteiger partial charge in [-0.05, 0) is 24.6 Å². The van der Waals surface area contributed by atoms with Gasteiger partial charge in [-0.15, -0.1) is 0 Å². The van der Waals surface area contributed by atoms with Crippen molar-refractivity contribution in [1.29, 1.82) is 0 Å². The summed E-state index contributed by atoms with van der Waals surface area (Å²) in [4.78, 5) is -0.538. The summed E-state index contributed by atoms with van der Waals surface area (Å²) in [5.74, 6) is 0. The first kappa shape index (κ1) is 16.6. The van der Waals surface area contributed by atoms with Gasteiger partial charge in [-0.25, -0.2) is 17.2 Å². The van der Waals surface area contributed by atoms with Crippen LogP contribution in [0, 0.1) is 0 Å². The molecule has 118 valence electrons. The van der Waals surface area contributed by atoms with Crippen molar-refractivity contribution in [2.24, 2.45) is 0 Å². The third-order valence-electron chi connectivity index (χ3n) is 3.42. The number of alkyl halides is 2. The van der Waals surface area contributed by atoms with E-state index in [0.717, 1.165) is 16.4 Å². The summed E-state index contributed by atoms with van der Waals surface area (Å²) < 4.78 is 51.8. The molecule has 0 bridgehead atoms. The molecule has 2 rings (SSSR count). The van der Waals surface area contributed by atoms with Gasteiger partial charge in [-0.2, -0.15) is 4.31 Å². The lowest BCUT2D eigenvalue weighted by atomic mass is 10.1. The molecule has 1 aliphatic rings. The number of nitrogens with zero attached hydrogens (tertiary/aromatic N) is 1. The number of halogens is 3. The van der Waals surface area contributed by atoms with E-state index in [9.17, 15) is 22.3 Å². The van der Waals surface area contributed by atoms with Gasteiger partial charge in [0.2, 0.25) is 10.0 Å². The lowest BCUT2D eigenvalue weighted by Crippen LogP contribution is -2.39. The van der Waals surface area contributed by atoms with Crippen molar-refractivity contribution in [3.63, 3.8) is 0 Å². The molecule has 0 saturated carbocycles. The maximum Gasteiger partial charge on any atom is 0.265 e. The van der Waals surface area contributed by atoms with E-state index in [1.54, 1.807) is 0 Å². The number of benzene rings is 1. The summed E-state index contributed by atoms with van der Waals surface area (Å²) >= 11 is 5.62. The van der Waals surface area contributed by atoms with Crippen molar-refractivity contribution in [3.8, 4) is 0 Å². The zero-order valence-electron chi connectivity index (χ0n) is 10.8. The van der Waals surface area contributed by atoms with E-state index >= 15 is 0 Å². The Hall–Kier alpha value is -0.800. The van der Waals surface area contributed by atoms with Crippen LogP contribution in [0.25, 0.3) is 0 Å². The molecule has 0 aromatic heterocycles. The molecule has 2 N–H and O–H groups in total. The van der Waals surface area contributed by atoms with Gasteiger partial charge in [0, 0.05) is 23.7 Å². The first-order valence-corrected chi connectivity index (χ1v) is 7.92. The number of rotatable bonds is 4. The number of hydrogen-bond acceptors (Lipinski definition) is 4. The van der Waals surface area contributed by atoms with Crippen LogP contribution in [0.3, 0.4) is 0 Å². The minimum absolute atomic E-state index is 0.0116. The molecule has 21 heavy (non-hydrogen) atoms. The second kappa shape index (κ2) is 5.77. The van der Waals surface area contributed by atoms with Crippen molar-refractivity contribution < 1.29 is 27.4 Å². The lowest BCUT2D eigenvalue weighted by molar-refractivity contribution is -0.000741. The predicted molar refractivity (Wildman–Crippen MR) is 71.8 cm³/mol. The Morgan fingerprint density at radius 1 is 1.43 bits per heavy atom. The van der Waals surface area contributed by atoms with E-state index in [-0.39, 0.29) is 24.5 Å². The van der Waals surface area contributed by atoms with Gasteiger partial charge < -0.3 is 10.2 Å². The van der Waals surface area contributed by atoms with E-state index in [2.05, 4.69) is 0 Å². The van der Waals surface area contributed by atoms with Crippen LogP contribution in [0.5, 0.6) is 0 Å². The second-order valence-electron chi connectivity index (χ2n) is 4.95. The largest absolute Gasteiger partial charge is 0.393 e. The summed E-state index contributed by atoms with van der Waals surface area (Å²) in [6, 6.07) is 3.15. The van der Waals surface area contributed by atoms with E-state index in [0.29, 0.717) is 0 Å². The number of β-amino-alcohol motifs (C(OH)–C–C–N with tert-alkyl or cyclic N) is 1. The molecule has 0 spiro atoms. The van der Waals surface area contributed by atoms with Gasteiger partial charge in [-0.3, -0.25) is 0 Å². The highest BCUT2D eigenvalue weighted by Gasteiger charge is 2.42. The maximum absolute atomic E-state index is 13.0. The topological polar surface area (TPSA) is 77.8 Å². The van der Waals surface area contributed by atoms with E-state index < -0.39 is 39.1 Å². The Labute approximate surface area is 125 Å². The Balaban J connectivity index is 2.42. The van der Waals surface area contributed by atoms with Crippen molar-refractivity contribution in [2.75, 3.05) is 19.7 Å². The molecular formula is C12H14ClF2NO4S. The van der Waals surface area contributed by atoms with Gasteiger partial charge in [0.25, 0.3) is 6.43 Å². The van der Waals surface area contributed by atoms with Gasteiger partial charge in [0.05, 0.1) is 11.5 Å². The smallest absolute Gasteiger partial charge is 0.265 e. The molecule has 0 radical (unpaired) electrons. The fraction of sp³-hybridized carbons (Fsp3) is 0.500. The van der Waals surface area contributed by atoms with Gasteiger partial charge in [0.15, 0.2) is 0 Å². The average molecular weight is 342 g/mol. The molecule has 1 saturated heterocycles. The van der Waals surface area contributed by atoms with Gasteiger partial charge in [-0.1, -0.05) is 11.6 Å². The Bertz CT molecular complexity index is 640. The Morgan fingerprint density at radius 3 is 2.62 bits per heavy atom. The molecule has 9 heteroatoms. The van der Waals surface area contributed by atoms with Crippen molar-refractivity contribution >= 4 is 21.6 Å². The summed E-state index contributed by atoms with van der Waals surface area (Å²) in [6.45, 7) is -0.983. The number of sulfonamides is 1. The highest BCUT2D eigenvalue weighted by Crippen LogP contribution is 2.33. The molecule has 0 amide bonds. The number of hydrogen-bond donors (Lipinski definition) is 2. The van der Waals surface area contributed by atoms with Crippen LogP contribution < -0.4 is 0 Å². The van der Waals surface area contributed by atoms with E-state index in [1.807, 2.05) is 0 Å². The van der Waals surface area contributed by atoms with E-state index in [1.165, 1.54) is 6.07 Å². The molecule has 1 fully saturated rings. The molecule has 1 aromatic carbocycles. The van der Waals surface area contributed by atoms with Crippen LogP contribution in [0.2, 0.25) is 5.02 Å². The molecule has 0 aliphatic carbocycles.